The quantitative estimate of drug-likeness (QED) is 0.0721. The van der Waals surface area contributed by atoms with Crippen molar-refractivity contribution in [1.29, 1.82) is 0 Å². The molecule has 92 heavy (non-hydrogen) atoms. The zero-order chi connectivity index (χ0) is 59.2. The summed E-state index contributed by atoms with van der Waals surface area (Å²) in [4.78, 5) is 29.6. The first-order valence-electron chi connectivity index (χ1n) is 31.9. The van der Waals surface area contributed by atoms with E-state index < -0.39 is 0 Å². The number of pyridine rings is 6. The van der Waals surface area contributed by atoms with Gasteiger partial charge >= 0.3 is 59.1 Å². The number of fused-ring (bicyclic) bond motifs is 3. The monoisotopic (exact) mass is 1360 g/mol. The molecule has 21 rings (SSSR count). The van der Waals surface area contributed by atoms with Gasteiger partial charge in [-0.1, -0.05) is 102 Å². The molecule has 12 fully saturated rings. The number of hydrogen-bond donors (Lipinski definition) is 2. The summed E-state index contributed by atoms with van der Waals surface area (Å²) in [6, 6.07) is 46.1. The van der Waals surface area contributed by atoms with Gasteiger partial charge in [0.2, 0.25) is 0 Å². The van der Waals surface area contributed by atoms with Gasteiger partial charge in [-0.25, -0.2) is 4.98 Å². The van der Waals surface area contributed by atoms with E-state index in [2.05, 4.69) is 126 Å². The summed E-state index contributed by atoms with van der Waals surface area (Å²) in [5.74, 6) is 4.87. The first-order chi connectivity index (χ1) is 41.7. The van der Waals surface area contributed by atoms with E-state index in [4.69, 9.17) is 44.6 Å². The van der Waals surface area contributed by atoms with Gasteiger partial charge in [0.25, 0.3) is 0 Å². The van der Waals surface area contributed by atoms with E-state index in [1.54, 1.807) is 12.4 Å². The zero-order valence-electron chi connectivity index (χ0n) is 54.8. The number of aromatic nitrogens is 6. The smallest absolute Gasteiger partial charge is 0.870 e. The molecule has 12 aliphatic rings. The maximum absolute atomic E-state index is 6.75. The predicted octanol–water partition coefficient (Wildman–Crippen LogP) is 12.8. The van der Waals surface area contributed by atoms with Crippen molar-refractivity contribution in [2.75, 3.05) is 4.90 Å². The summed E-state index contributed by atoms with van der Waals surface area (Å²) in [7, 11) is 0. The first kappa shape index (κ1) is 75.4. The third kappa shape index (κ3) is 15.7. The van der Waals surface area contributed by atoms with Crippen LogP contribution in [0.15, 0.2) is 188 Å². The van der Waals surface area contributed by atoms with E-state index in [9.17, 15) is 0 Å². The van der Waals surface area contributed by atoms with Crippen LogP contribution in [0.25, 0.3) is 32.7 Å². The number of rotatable bonds is 5. The Morgan fingerprint density at radius 2 is 0.826 bits per heavy atom. The Labute approximate surface area is 609 Å². The summed E-state index contributed by atoms with van der Waals surface area (Å²) in [5.41, 5.74) is 22.3. The SMILES string of the molecule is Brc1ccccc1.CC.Clc1nccc2cccnc12.NC12CC3CC(C1)CC(Cl)(C3)C2.NC12CC3CC(C1)CC(c1cncc4cccnc14)(C3)C2.[CH3-].[CH3-].[Na+].[Na+].[OH-].[OH-].c1ccc(N(c2ccccc2)C23CC4CC(CC(c5cncc6cccnc56)(C4)C2)C3)cc1. The van der Waals surface area contributed by atoms with Gasteiger partial charge in [0.05, 0.1) is 11.0 Å². The van der Waals surface area contributed by atoms with Crippen molar-refractivity contribution in [3.8, 4) is 0 Å². The average molecular weight is 1360 g/mol. The molecule has 6 N–H and O–H groups in total. The number of alkyl halides is 1. The van der Waals surface area contributed by atoms with Crippen LogP contribution in [0.4, 0.5) is 11.4 Å². The van der Waals surface area contributed by atoms with Gasteiger partial charge in [0, 0.05) is 125 Å². The Morgan fingerprint density at radius 3 is 1.23 bits per heavy atom. The topological polar surface area (TPSA) is 193 Å². The van der Waals surface area contributed by atoms with Gasteiger partial charge in [0.15, 0.2) is 5.15 Å². The van der Waals surface area contributed by atoms with Crippen molar-refractivity contribution in [1.82, 2.24) is 29.9 Å². The van der Waals surface area contributed by atoms with Crippen LogP contribution in [0.5, 0.6) is 0 Å². The summed E-state index contributed by atoms with van der Waals surface area (Å²) < 4.78 is 1.13. The molecule has 12 saturated carbocycles. The molecule has 12 bridgehead atoms. The zero-order valence-corrected chi connectivity index (χ0v) is 61.9. The Hall–Kier alpha value is -3.96. The van der Waals surface area contributed by atoms with E-state index in [0.29, 0.717) is 5.15 Å². The third-order valence-electron chi connectivity index (χ3n) is 21.0. The maximum Gasteiger partial charge on any atom is 1.00 e. The molecule has 6 aromatic heterocycles. The molecule has 476 valence electrons. The molecule has 6 unspecified atom stereocenters. The molecule has 16 heteroatoms. The Morgan fingerprint density at radius 1 is 0.435 bits per heavy atom. The molecule has 11 nitrogen and oxygen atoms in total. The van der Waals surface area contributed by atoms with Gasteiger partial charge in [-0.3, -0.25) is 24.9 Å². The molecule has 6 atom stereocenters. The summed E-state index contributed by atoms with van der Waals surface area (Å²) in [5, 5.41) is 3.81. The van der Waals surface area contributed by atoms with Crippen LogP contribution in [0.3, 0.4) is 0 Å². The van der Waals surface area contributed by atoms with Gasteiger partial charge < -0.3 is 42.2 Å². The maximum atomic E-state index is 6.75. The summed E-state index contributed by atoms with van der Waals surface area (Å²) >= 11 is 15.6. The standard InChI is InChI=1S/C30H29N3.C18H21N3.C10H16ClN.C8H5ClN2.C6H5Br.C2H6.2CH3.2Na.2H2O/c1-3-9-25(10-4-1)33(26-11-5-2-6-12-26)30-17-22-14-23(18-30)16-29(15-22,21-30)27-20-31-19-24-8-7-13-32-28(24)27;19-18-7-12-4-13(8-18)6-17(5-12,11-18)15-10-20-9-14-2-1-3-21-16(14)15;11-9-2-7-1-8(3-9)5-10(12,4-7)6-9;9-8-7-6(3-5-11-8)2-1-4-10-7;7-6-4-2-1-3-5-6;1-2;;;;;;/h1-13,19-20,22-23H,14-18,21H2;1-3,9-10,12-13H,4-8,11,19H2;7-8H,1-6,12H2;1-5H;1-5H;1-2H3;2*1H3;;;2*1H2/q;;;;;;2*-1;2*+1;;/p-2. The van der Waals surface area contributed by atoms with E-state index in [1.165, 1.54) is 131 Å². The van der Waals surface area contributed by atoms with Gasteiger partial charge in [-0.2, -0.15) is 0 Å². The fourth-order valence-corrected chi connectivity index (χ4v) is 20.9. The largest absolute Gasteiger partial charge is 1.00 e. The molecule has 0 spiro atoms. The van der Waals surface area contributed by atoms with Crippen molar-refractivity contribution < 1.29 is 70.1 Å². The molecule has 0 radical (unpaired) electrons. The van der Waals surface area contributed by atoms with E-state index in [0.717, 1.165) is 80.1 Å². The van der Waals surface area contributed by atoms with Crippen molar-refractivity contribution >= 4 is 83.2 Å². The normalized spacial score (nSPS) is 30.2. The number of nitrogens with two attached hydrogens (primary N) is 2. The molecule has 0 saturated heterocycles. The molecule has 0 aliphatic heterocycles. The molecule has 0 amide bonds. The van der Waals surface area contributed by atoms with Crippen molar-refractivity contribution in [2.24, 2.45) is 47.0 Å². The average Bonchev–Trinajstić information content (AvgIpc) is 0.708. The summed E-state index contributed by atoms with van der Waals surface area (Å²) in [6.45, 7) is 4.00. The van der Waals surface area contributed by atoms with Crippen LogP contribution in [0.1, 0.15) is 141 Å². The number of benzene rings is 3. The molecule has 9 aromatic rings. The van der Waals surface area contributed by atoms with Crippen LogP contribution < -0.4 is 75.5 Å². The van der Waals surface area contributed by atoms with Gasteiger partial charge in [-0.15, -0.1) is 11.6 Å². The molecule has 12 aliphatic carbocycles. The number of anilines is 2. The number of hydrogen-bond acceptors (Lipinski definition) is 11. The Bertz CT molecular complexity index is 3710. The molecular weight excluding hydrogens is 1270 g/mol. The van der Waals surface area contributed by atoms with Crippen LogP contribution in [-0.4, -0.2) is 62.3 Å². The van der Waals surface area contributed by atoms with Gasteiger partial charge in [-0.05, 0) is 224 Å². The van der Waals surface area contributed by atoms with Crippen molar-refractivity contribution in [3.05, 3.63) is 219 Å². The third-order valence-corrected chi connectivity index (χ3v) is 22.3. The minimum Gasteiger partial charge on any atom is -0.870 e. The minimum absolute atomic E-state index is 0. The van der Waals surface area contributed by atoms with E-state index in [1.807, 2.05) is 99.3 Å². The molecule has 3 aromatic carbocycles. The van der Waals surface area contributed by atoms with E-state index in [-0.39, 0.29) is 117 Å². The second-order valence-corrected chi connectivity index (χ2v) is 29.6. The number of halogens is 3. The minimum atomic E-state index is 0. The second kappa shape index (κ2) is 31.5. The molecular formula is C76H90BrCl2N9Na2O2-2. The number of nitrogens with zero attached hydrogens (tertiary/aromatic N) is 7. The van der Waals surface area contributed by atoms with Crippen LogP contribution in [0, 0.1) is 50.4 Å². The van der Waals surface area contributed by atoms with Crippen LogP contribution >= 0.6 is 39.1 Å². The molecule has 6 heterocycles. The summed E-state index contributed by atoms with van der Waals surface area (Å²) in [6.07, 6.45) is 38.1. The second-order valence-electron chi connectivity index (χ2n) is 27.5. The van der Waals surface area contributed by atoms with Crippen molar-refractivity contribution in [2.45, 2.75) is 162 Å². The van der Waals surface area contributed by atoms with Gasteiger partial charge in [0.1, 0.15) is 5.52 Å². The fourth-order valence-electron chi connectivity index (χ4n) is 19.7. The Balaban J connectivity index is 0.000000175. The van der Waals surface area contributed by atoms with Crippen molar-refractivity contribution in [3.63, 3.8) is 0 Å². The fraction of sp³-hybridized carbons (Fsp3) is 0.421. The van der Waals surface area contributed by atoms with Crippen LogP contribution in [0.2, 0.25) is 5.15 Å². The van der Waals surface area contributed by atoms with Crippen LogP contribution in [-0.2, 0) is 10.8 Å². The predicted molar refractivity (Wildman–Crippen MR) is 373 cm³/mol. The first-order valence-corrected chi connectivity index (χ1v) is 33.4. The number of para-hydroxylation sites is 2. The van der Waals surface area contributed by atoms with E-state index >= 15 is 0 Å². The Kier molecular flexibility index (Phi) is 25.8.